The third-order valence-electron chi connectivity index (χ3n) is 5.52. The molecule has 2 aromatic heterocycles. The van der Waals surface area contributed by atoms with E-state index in [4.69, 9.17) is 23.2 Å². The average Bonchev–Trinajstić information content (AvgIpc) is 3.54. The highest BCUT2D eigenvalue weighted by atomic mass is 35.5. The van der Waals surface area contributed by atoms with Crippen molar-refractivity contribution in [3.63, 3.8) is 0 Å². The molecule has 2 amide bonds. The minimum absolute atomic E-state index is 0.00919. The van der Waals surface area contributed by atoms with Gasteiger partial charge in [0.25, 0.3) is 11.8 Å². The zero-order chi connectivity index (χ0) is 28.3. The Labute approximate surface area is 242 Å². The first-order valence-electron chi connectivity index (χ1n) is 11.2. The summed E-state index contributed by atoms with van der Waals surface area (Å²) < 4.78 is 23.1. The van der Waals surface area contributed by atoms with Gasteiger partial charge in [0.1, 0.15) is 5.75 Å². The summed E-state index contributed by atoms with van der Waals surface area (Å²) in [5, 5.41) is 20.1. The van der Waals surface area contributed by atoms with E-state index in [-0.39, 0.29) is 28.0 Å². The molecule has 4 rings (SSSR count). The molecule has 0 radical (unpaired) electrons. The van der Waals surface area contributed by atoms with Crippen LogP contribution in [0.15, 0.2) is 70.0 Å². The number of nitrogens with zero attached hydrogens (tertiary/aromatic N) is 1. The Hall–Kier alpha value is -3.22. The predicted octanol–water partition coefficient (Wildman–Crippen LogP) is 5.98. The van der Waals surface area contributed by atoms with Gasteiger partial charge in [0.15, 0.2) is 9.84 Å². The molecule has 0 aliphatic rings. The third kappa shape index (κ3) is 6.87. The van der Waals surface area contributed by atoms with Crippen LogP contribution in [0.5, 0.6) is 5.75 Å². The molecule has 0 bridgehead atoms. The van der Waals surface area contributed by atoms with E-state index in [1.54, 1.807) is 42.6 Å². The van der Waals surface area contributed by atoms with Crippen LogP contribution >= 0.6 is 45.9 Å². The number of benzene rings is 2. The zero-order valence-corrected chi connectivity index (χ0v) is 24.5. The van der Waals surface area contributed by atoms with Crippen molar-refractivity contribution >= 4 is 73.2 Å². The fourth-order valence-corrected chi connectivity index (χ4v) is 6.15. The van der Waals surface area contributed by atoms with Gasteiger partial charge in [-0.05, 0) is 54.4 Å². The molecule has 2 heterocycles. The molecular weight excluding hydrogens is 601 g/mol. The Morgan fingerprint density at radius 3 is 2.28 bits per heavy atom. The van der Waals surface area contributed by atoms with Gasteiger partial charge < -0.3 is 10.4 Å². The second-order valence-electron chi connectivity index (χ2n) is 8.36. The number of carbonyl (C=O) groups is 2. The number of aromatic hydroxyl groups is 1. The third-order valence-corrected chi connectivity index (χ3v) is 9.49. The average molecular weight is 623 g/mol. The van der Waals surface area contributed by atoms with Gasteiger partial charge in [0.2, 0.25) is 0 Å². The molecule has 39 heavy (non-hydrogen) atoms. The molecule has 0 saturated carbocycles. The van der Waals surface area contributed by atoms with Crippen LogP contribution in [-0.4, -0.2) is 37.3 Å². The maximum atomic E-state index is 12.6. The number of carbonyl (C=O) groups excluding carboxylic acids is 2. The van der Waals surface area contributed by atoms with Crippen LogP contribution in [0.25, 0.3) is 10.4 Å². The lowest BCUT2D eigenvalue weighted by Gasteiger charge is -2.05. The van der Waals surface area contributed by atoms with Crippen molar-refractivity contribution < 1.29 is 23.1 Å². The summed E-state index contributed by atoms with van der Waals surface area (Å²) in [5.41, 5.74) is 4.73. The van der Waals surface area contributed by atoms with Crippen LogP contribution in [0, 0.1) is 0 Å². The molecule has 4 aromatic rings. The Morgan fingerprint density at radius 2 is 1.64 bits per heavy atom. The monoisotopic (exact) mass is 621 g/mol. The minimum atomic E-state index is -3.29. The van der Waals surface area contributed by atoms with E-state index in [2.05, 4.69) is 15.8 Å². The first kappa shape index (κ1) is 28.8. The topological polar surface area (TPSA) is 125 Å². The molecule has 0 unspecified atom stereocenters. The van der Waals surface area contributed by atoms with Crippen molar-refractivity contribution in [2.24, 2.45) is 5.10 Å². The lowest BCUT2D eigenvalue weighted by molar-refractivity contribution is 0.0950. The van der Waals surface area contributed by atoms with Crippen LogP contribution in [0.2, 0.25) is 10.0 Å². The first-order chi connectivity index (χ1) is 18.4. The number of hydrogen-bond acceptors (Lipinski definition) is 8. The van der Waals surface area contributed by atoms with Crippen molar-refractivity contribution in [1.82, 2.24) is 10.7 Å². The van der Waals surface area contributed by atoms with E-state index < -0.39 is 15.7 Å². The molecule has 8 nitrogen and oxygen atoms in total. The van der Waals surface area contributed by atoms with Gasteiger partial charge in [-0.3, -0.25) is 9.59 Å². The molecule has 0 saturated heterocycles. The molecular formula is C26H21Cl2N3O5S3. The molecule has 2 aromatic carbocycles. The Kier molecular flexibility index (Phi) is 8.77. The van der Waals surface area contributed by atoms with E-state index in [1.165, 1.54) is 35.6 Å². The van der Waals surface area contributed by atoms with Gasteiger partial charge in [0.05, 0.1) is 40.8 Å². The van der Waals surface area contributed by atoms with Crippen LogP contribution in [-0.2, 0) is 16.4 Å². The molecule has 3 N–H and O–H groups in total. The first-order valence-corrected chi connectivity index (χ1v) is 15.6. The number of thiophene rings is 2. The van der Waals surface area contributed by atoms with E-state index in [1.807, 2.05) is 0 Å². The Balaban J connectivity index is 1.37. The van der Waals surface area contributed by atoms with E-state index in [0.717, 1.165) is 23.2 Å². The number of nitrogens with one attached hydrogen (secondary N) is 2. The maximum absolute atomic E-state index is 12.6. The highest BCUT2D eigenvalue weighted by Crippen LogP contribution is 2.40. The number of halogens is 2. The summed E-state index contributed by atoms with van der Waals surface area (Å²) in [4.78, 5) is 26.5. The van der Waals surface area contributed by atoms with Gasteiger partial charge in [-0.2, -0.15) is 5.10 Å². The summed E-state index contributed by atoms with van der Waals surface area (Å²) in [6.45, 7) is 1.84. The Morgan fingerprint density at radius 1 is 0.974 bits per heavy atom. The summed E-state index contributed by atoms with van der Waals surface area (Å²) in [6.07, 6.45) is 1.13. The fraction of sp³-hybridized carbons (Fsp3) is 0.115. The number of rotatable bonds is 8. The van der Waals surface area contributed by atoms with Crippen molar-refractivity contribution in [2.75, 3.05) is 6.26 Å². The zero-order valence-electron chi connectivity index (χ0n) is 20.5. The number of hydrazone groups is 1. The second-order valence-corrected chi connectivity index (χ2v) is 13.2. The Bertz CT molecular complexity index is 1690. The van der Waals surface area contributed by atoms with Crippen LogP contribution in [0.3, 0.4) is 0 Å². The van der Waals surface area contributed by atoms with Crippen LogP contribution in [0.1, 0.15) is 37.4 Å². The van der Waals surface area contributed by atoms with E-state index >= 15 is 0 Å². The highest BCUT2D eigenvalue weighted by Gasteiger charge is 2.17. The summed E-state index contributed by atoms with van der Waals surface area (Å²) in [6, 6.07) is 14.3. The molecule has 0 aliphatic carbocycles. The summed E-state index contributed by atoms with van der Waals surface area (Å²) >= 11 is 14.4. The SMILES string of the molecule is C/C(=N\NC(=O)c1ccc(C(=O)NCc2ccc(S(C)(=O)=O)cc2)s1)c1csc(-c2ccc(Cl)c(Cl)c2)c1O. The van der Waals surface area contributed by atoms with Crippen LogP contribution < -0.4 is 10.7 Å². The van der Waals surface area contributed by atoms with Gasteiger partial charge in [-0.15, -0.1) is 22.7 Å². The van der Waals surface area contributed by atoms with E-state index in [9.17, 15) is 23.1 Å². The highest BCUT2D eigenvalue weighted by molar-refractivity contribution is 7.90. The number of hydrogen-bond donors (Lipinski definition) is 3. The molecule has 0 fully saturated rings. The van der Waals surface area contributed by atoms with Gasteiger partial charge >= 0.3 is 0 Å². The van der Waals surface area contributed by atoms with Crippen molar-refractivity contribution in [3.8, 4) is 16.2 Å². The quantitative estimate of drug-likeness (QED) is 0.165. The molecule has 202 valence electrons. The van der Waals surface area contributed by atoms with Gasteiger partial charge in [-0.25, -0.2) is 13.8 Å². The molecule has 0 atom stereocenters. The van der Waals surface area contributed by atoms with Gasteiger partial charge in [0, 0.05) is 18.2 Å². The molecule has 0 aliphatic heterocycles. The largest absolute Gasteiger partial charge is 0.506 e. The van der Waals surface area contributed by atoms with Crippen molar-refractivity contribution in [1.29, 1.82) is 0 Å². The maximum Gasteiger partial charge on any atom is 0.281 e. The second kappa shape index (κ2) is 11.9. The lowest BCUT2D eigenvalue weighted by Crippen LogP contribution is -2.22. The summed E-state index contributed by atoms with van der Waals surface area (Å²) in [7, 11) is -3.29. The molecule has 0 spiro atoms. The van der Waals surface area contributed by atoms with Crippen molar-refractivity contribution in [3.05, 3.63) is 90.9 Å². The predicted molar refractivity (Wildman–Crippen MR) is 156 cm³/mol. The normalized spacial score (nSPS) is 11.8. The van der Waals surface area contributed by atoms with Crippen LogP contribution in [0.4, 0.5) is 0 Å². The number of amides is 2. The van der Waals surface area contributed by atoms with E-state index in [0.29, 0.717) is 36.6 Å². The lowest BCUT2D eigenvalue weighted by atomic mass is 10.1. The minimum Gasteiger partial charge on any atom is -0.506 e. The van der Waals surface area contributed by atoms with Crippen molar-refractivity contribution in [2.45, 2.75) is 18.4 Å². The number of sulfone groups is 1. The van der Waals surface area contributed by atoms with Gasteiger partial charge in [-0.1, -0.05) is 41.4 Å². The summed E-state index contributed by atoms with van der Waals surface area (Å²) in [5.74, 6) is -0.868. The standard InChI is InChI=1S/C26H21Cl2N3O5S3/c1-14(18-13-37-24(23(18)32)16-5-8-19(27)20(28)11-16)30-31-26(34)22-10-9-21(38-22)25(33)29-12-15-3-6-17(7-4-15)39(2,35)36/h3-11,13,32H,12H2,1-2H3,(H,29,33)(H,31,34)/b30-14+. The smallest absolute Gasteiger partial charge is 0.281 e. The molecule has 13 heteroatoms. The fourth-order valence-electron chi connectivity index (χ4n) is 3.41.